The summed E-state index contributed by atoms with van der Waals surface area (Å²) in [4.78, 5) is 0. The molecule has 0 bridgehead atoms. The first-order chi connectivity index (χ1) is 8.07. The number of aryl methyl sites for hydroxylation is 2. The molecule has 0 spiro atoms. The molecule has 1 saturated heterocycles. The fraction of sp³-hybridized carbons (Fsp3) is 0.571. The van der Waals surface area contributed by atoms with Gasteiger partial charge in [-0.2, -0.15) is 0 Å². The third-order valence-corrected chi connectivity index (χ3v) is 3.56. The summed E-state index contributed by atoms with van der Waals surface area (Å²) in [6, 6.07) is 4.11. The van der Waals surface area contributed by atoms with Gasteiger partial charge in [0, 0.05) is 5.56 Å². The maximum absolute atomic E-state index is 10.8. The van der Waals surface area contributed by atoms with Crippen LogP contribution in [0.4, 0.5) is 0 Å². The van der Waals surface area contributed by atoms with Crippen LogP contribution >= 0.6 is 0 Å². The van der Waals surface area contributed by atoms with Gasteiger partial charge in [0.1, 0.15) is 5.75 Å². The van der Waals surface area contributed by atoms with Crippen molar-refractivity contribution in [3.8, 4) is 5.75 Å². The second kappa shape index (κ2) is 4.67. The topological polar surface area (TPSA) is 41.5 Å². The number of ether oxygens (including phenoxy) is 1. The number of methoxy groups -OCH3 is 1. The highest BCUT2D eigenvalue weighted by atomic mass is 16.5. The molecule has 2 N–H and O–H groups in total. The second-order valence-electron chi connectivity index (χ2n) is 4.94. The number of nitrogens with one attached hydrogen (secondary N) is 1. The van der Waals surface area contributed by atoms with Crippen LogP contribution in [-0.2, 0) is 5.60 Å². The quantitative estimate of drug-likeness (QED) is 0.822. The third kappa shape index (κ3) is 2.31. The predicted octanol–water partition coefficient (Wildman–Crippen LogP) is 1.88. The molecule has 0 radical (unpaired) electrons. The molecule has 1 aliphatic heterocycles. The van der Waals surface area contributed by atoms with E-state index in [1.165, 1.54) is 5.56 Å². The molecule has 1 heterocycles. The fourth-order valence-corrected chi connectivity index (χ4v) is 2.78. The highest BCUT2D eigenvalue weighted by Crippen LogP contribution is 2.39. The molecule has 1 aromatic carbocycles. The molecule has 1 aromatic rings. The summed E-state index contributed by atoms with van der Waals surface area (Å²) in [6.45, 7) is 5.80. The lowest BCUT2D eigenvalue weighted by molar-refractivity contribution is 0.00334. The van der Waals surface area contributed by atoms with Crippen LogP contribution in [0.15, 0.2) is 12.1 Å². The van der Waals surface area contributed by atoms with Crippen molar-refractivity contribution in [3.63, 3.8) is 0 Å². The highest BCUT2D eigenvalue weighted by molar-refractivity contribution is 5.46. The molecule has 2 rings (SSSR count). The van der Waals surface area contributed by atoms with Gasteiger partial charge in [-0.3, -0.25) is 0 Å². The van der Waals surface area contributed by atoms with Gasteiger partial charge in [0.15, 0.2) is 0 Å². The summed E-state index contributed by atoms with van der Waals surface area (Å²) in [5.74, 6) is 0.812. The van der Waals surface area contributed by atoms with Crippen LogP contribution in [0.2, 0.25) is 0 Å². The van der Waals surface area contributed by atoms with Gasteiger partial charge in [0.2, 0.25) is 0 Å². The Morgan fingerprint density at radius 2 is 1.88 bits per heavy atom. The molecule has 94 valence electrons. The normalized spacial score (nSPS) is 19.1. The van der Waals surface area contributed by atoms with Gasteiger partial charge in [0.25, 0.3) is 0 Å². The molecule has 0 aliphatic carbocycles. The first-order valence-corrected chi connectivity index (χ1v) is 6.15. The van der Waals surface area contributed by atoms with E-state index >= 15 is 0 Å². The van der Waals surface area contributed by atoms with Gasteiger partial charge in [-0.1, -0.05) is 6.07 Å². The van der Waals surface area contributed by atoms with E-state index in [0.29, 0.717) is 0 Å². The zero-order valence-electron chi connectivity index (χ0n) is 10.8. The smallest absolute Gasteiger partial charge is 0.125 e. The largest absolute Gasteiger partial charge is 0.496 e. The molecule has 17 heavy (non-hydrogen) atoms. The molecule has 0 unspecified atom stereocenters. The SMILES string of the molecule is COc1cc(C)cc(C)c1C1(O)CCNCC1. The maximum atomic E-state index is 10.8. The number of hydrogen-bond acceptors (Lipinski definition) is 3. The van der Waals surface area contributed by atoms with Crippen LogP contribution in [0.3, 0.4) is 0 Å². The van der Waals surface area contributed by atoms with Crippen molar-refractivity contribution in [1.29, 1.82) is 0 Å². The van der Waals surface area contributed by atoms with Crippen molar-refractivity contribution in [2.24, 2.45) is 0 Å². The minimum atomic E-state index is -0.742. The van der Waals surface area contributed by atoms with Gasteiger partial charge in [-0.15, -0.1) is 0 Å². The van der Waals surface area contributed by atoms with Crippen molar-refractivity contribution >= 4 is 0 Å². The van der Waals surface area contributed by atoms with Crippen LogP contribution in [0.5, 0.6) is 5.75 Å². The van der Waals surface area contributed by atoms with E-state index < -0.39 is 5.60 Å². The fourth-order valence-electron chi connectivity index (χ4n) is 2.78. The first-order valence-electron chi connectivity index (χ1n) is 6.15. The molecule has 1 aliphatic rings. The Hall–Kier alpha value is -1.06. The minimum absolute atomic E-state index is 0.742. The summed E-state index contributed by atoms with van der Waals surface area (Å²) >= 11 is 0. The molecule has 0 atom stereocenters. The van der Waals surface area contributed by atoms with Crippen molar-refractivity contribution in [1.82, 2.24) is 5.32 Å². The summed E-state index contributed by atoms with van der Waals surface area (Å²) in [5, 5.41) is 14.1. The molecule has 0 saturated carbocycles. The number of rotatable bonds is 2. The molecular weight excluding hydrogens is 214 g/mol. The standard InChI is InChI=1S/C14H21NO2/c1-10-8-11(2)13(12(9-10)17-3)14(16)4-6-15-7-5-14/h8-9,15-16H,4-7H2,1-3H3. The van der Waals surface area contributed by atoms with E-state index in [9.17, 15) is 5.11 Å². The minimum Gasteiger partial charge on any atom is -0.496 e. The highest BCUT2D eigenvalue weighted by Gasteiger charge is 2.35. The van der Waals surface area contributed by atoms with Crippen LogP contribution in [0.25, 0.3) is 0 Å². The van der Waals surface area contributed by atoms with Gasteiger partial charge in [0.05, 0.1) is 12.7 Å². The first kappa shape index (κ1) is 12.4. The monoisotopic (exact) mass is 235 g/mol. The molecular formula is C14H21NO2. The molecule has 3 nitrogen and oxygen atoms in total. The molecule has 0 amide bonds. The number of hydrogen-bond donors (Lipinski definition) is 2. The zero-order chi connectivity index (χ0) is 12.5. The van der Waals surface area contributed by atoms with Crippen molar-refractivity contribution in [2.75, 3.05) is 20.2 Å². The summed E-state index contributed by atoms with van der Waals surface area (Å²) in [6.07, 6.45) is 1.49. The molecule has 0 aromatic heterocycles. The predicted molar refractivity (Wildman–Crippen MR) is 68.5 cm³/mol. The number of piperidine rings is 1. The van der Waals surface area contributed by atoms with Gasteiger partial charge >= 0.3 is 0 Å². The average molecular weight is 235 g/mol. The van der Waals surface area contributed by atoms with Crippen LogP contribution in [-0.4, -0.2) is 25.3 Å². The Kier molecular flexibility index (Phi) is 3.40. The van der Waals surface area contributed by atoms with Crippen molar-refractivity contribution in [2.45, 2.75) is 32.3 Å². The van der Waals surface area contributed by atoms with E-state index in [1.54, 1.807) is 7.11 Å². The summed E-state index contributed by atoms with van der Waals surface area (Å²) < 4.78 is 5.45. The Balaban J connectivity index is 2.49. The van der Waals surface area contributed by atoms with E-state index in [2.05, 4.69) is 11.4 Å². The van der Waals surface area contributed by atoms with Crippen molar-refractivity contribution in [3.05, 3.63) is 28.8 Å². The second-order valence-corrected chi connectivity index (χ2v) is 4.94. The maximum Gasteiger partial charge on any atom is 0.125 e. The Bertz CT molecular complexity index is 409. The van der Waals surface area contributed by atoms with Crippen LogP contribution in [0.1, 0.15) is 29.5 Å². The third-order valence-electron chi connectivity index (χ3n) is 3.56. The van der Waals surface area contributed by atoms with E-state index in [0.717, 1.165) is 42.8 Å². The van der Waals surface area contributed by atoms with E-state index in [1.807, 2.05) is 19.9 Å². The zero-order valence-corrected chi connectivity index (χ0v) is 10.8. The Morgan fingerprint density at radius 1 is 1.24 bits per heavy atom. The Labute approximate surface area is 103 Å². The van der Waals surface area contributed by atoms with Crippen LogP contribution in [0, 0.1) is 13.8 Å². The lowest BCUT2D eigenvalue weighted by atomic mass is 9.81. The van der Waals surface area contributed by atoms with Crippen LogP contribution < -0.4 is 10.1 Å². The lowest BCUT2D eigenvalue weighted by Crippen LogP contribution is -2.40. The van der Waals surface area contributed by atoms with E-state index in [4.69, 9.17) is 4.74 Å². The average Bonchev–Trinajstić information content (AvgIpc) is 2.28. The van der Waals surface area contributed by atoms with Gasteiger partial charge in [-0.25, -0.2) is 0 Å². The summed E-state index contributed by atoms with van der Waals surface area (Å²) in [7, 11) is 1.67. The van der Waals surface area contributed by atoms with Gasteiger partial charge < -0.3 is 15.2 Å². The lowest BCUT2D eigenvalue weighted by Gasteiger charge is -2.35. The molecule has 3 heteroatoms. The number of aliphatic hydroxyl groups is 1. The number of benzene rings is 1. The van der Waals surface area contributed by atoms with Gasteiger partial charge in [-0.05, 0) is 57.0 Å². The molecule has 1 fully saturated rings. The van der Waals surface area contributed by atoms with E-state index in [-0.39, 0.29) is 0 Å². The Morgan fingerprint density at radius 3 is 2.47 bits per heavy atom. The van der Waals surface area contributed by atoms with Crippen molar-refractivity contribution < 1.29 is 9.84 Å². The summed E-state index contributed by atoms with van der Waals surface area (Å²) in [5.41, 5.74) is 2.51.